The SMILES string of the molecule is Cn1cc(Nc2nc(OC3CC(C=CCN)C3)c3c(-c4ccccn4)c[nH]c3n2)cn1. The standard InChI is InChI=1S/C22H24N8O/c1-30-13-15(11-26-30)27-22-28-20-19(17(12-25-20)18-6-2-3-8-24-18)21(29-22)31-16-9-14(10-16)5-4-7-23/h2-6,8,11-14,16H,7,9-10,23H2,1H3,(H2,25,27,28,29). The molecule has 0 unspecified atom stereocenters. The number of nitrogens with one attached hydrogen (secondary N) is 2. The largest absolute Gasteiger partial charge is 0.474 e. The van der Waals surface area contributed by atoms with Gasteiger partial charge in [-0.2, -0.15) is 15.1 Å². The molecule has 1 aliphatic carbocycles. The van der Waals surface area contributed by atoms with Gasteiger partial charge in [0.25, 0.3) is 0 Å². The molecule has 0 atom stereocenters. The summed E-state index contributed by atoms with van der Waals surface area (Å²) in [6.45, 7) is 0.564. The van der Waals surface area contributed by atoms with Gasteiger partial charge in [0.05, 0.1) is 23.0 Å². The molecule has 0 aromatic carbocycles. The van der Waals surface area contributed by atoms with Crippen LogP contribution in [0.25, 0.3) is 22.3 Å². The highest BCUT2D eigenvalue weighted by molar-refractivity contribution is 5.97. The zero-order valence-electron chi connectivity index (χ0n) is 17.2. The van der Waals surface area contributed by atoms with E-state index in [1.807, 2.05) is 43.7 Å². The van der Waals surface area contributed by atoms with Crippen LogP contribution in [0, 0.1) is 5.92 Å². The lowest BCUT2D eigenvalue weighted by molar-refractivity contribution is 0.0834. The van der Waals surface area contributed by atoms with E-state index in [2.05, 4.69) is 31.4 Å². The van der Waals surface area contributed by atoms with Gasteiger partial charge in [-0.1, -0.05) is 18.2 Å². The first-order valence-corrected chi connectivity index (χ1v) is 10.3. The highest BCUT2D eigenvalue weighted by atomic mass is 16.5. The van der Waals surface area contributed by atoms with Crippen LogP contribution in [0.4, 0.5) is 11.6 Å². The van der Waals surface area contributed by atoms with Crippen molar-refractivity contribution < 1.29 is 4.74 Å². The van der Waals surface area contributed by atoms with E-state index in [0.717, 1.165) is 35.2 Å². The second-order valence-corrected chi connectivity index (χ2v) is 7.66. The van der Waals surface area contributed by atoms with Gasteiger partial charge in [-0.25, -0.2) is 0 Å². The van der Waals surface area contributed by atoms with E-state index >= 15 is 0 Å². The number of aromatic amines is 1. The van der Waals surface area contributed by atoms with Crippen molar-refractivity contribution in [2.45, 2.75) is 18.9 Å². The van der Waals surface area contributed by atoms with Crippen molar-refractivity contribution in [2.75, 3.05) is 11.9 Å². The number of hydrogen-bond donors (Lipinski definition) is 3. The fourth-order valence-corrected chi connectivity index (χ4v) is 3.77. The molecule has 0 aliphatic heterocycles. The number of H-pyrrole nitrogens is 1. The Kier molecular flexibility index (Phi) is 5.09. The highest BCUT2D eigenvalue weighted by Gasteiger charge is 2.30. The van der Waals surface area contributed by atoms with Gasteiger partial charge in [0.15, 0.2) is 0 Å². The number of hydrogen-bond acceptors (Lipinski definition) is 7. The quantitative estimate of drug-likeness (QED) is 0.396. The summed E-state index contributed by atoms with van der Waals surface area (Å²) < 4.78 is 8.07. The molecule has 9 heteroatoms. The zero-order valence-corrected chi connectivity index (χ0v) is 17.2. The third-order valence-electron chi connectivity index (χ3n) is 5.35. The summed E-state index contributed by atoms with van der Waals surface area (Å²) in [7, 11) is 1.86. The minimum atomic E-state index is 0.100. The maximum absolute atomic E-state index is 6.35. The van der Waals surface area contributed by atoms with E-state index in [0.29, 0.717) is 29.9 Å². The molecule has 9 nitrogen and oxygen atoms in total. The van der Waals surface area contributed by atoms with Gasteiger partial charge < -0.3 is 20.8 Å². The van der Waals surface area contributed by atoms with Crippen LogP contribution in [-0.2, 0) is 7.05 Å². The third kappa shape index (κ3) is 3.99. The van der Waals surface area contributed by atoms with Gasteiger partial charge in [0.2, 0.25) is 11.8 Å². The number of aryl methyl sites for hydroxylation is 1. The second-order valence-electron chi connectivity index (χ2n) is 7.66. The van der Waals surface area contributed by atoms with Crippen LogP contribution in [0.1, 0.15) is 12.8 Å². The topological polar surface area (TPSA) is 120 Å². The van der Waals surface area contributed by atoms with Crippen LogP contribution in [0.2, 0.25) is 0 Å². The van der Waals surface area contributed by atoms with Crippen LogP contribution in [0.5, 0.6) is 5.88 Å². The molecule has 1 fully saturated rings. The zero-order chi connectivity index (χ0) is 21.2. The lowest BCUT2D eigenvalue weighted by atomic mass is 9.82. The van der Waals surface area contributed by atoms with E-state index in [9.17, 15) is 0 Å². The molecule has 0 spiro atoms. The number of fused-ring (bicyclic) bond motifs is 1. The van der Waals surface area contributed by atoms with Crippen molar-refractivity contribution >= 4 is 22.7 Å². The van der Waals surface area contributed by atoms with Crippen molar-refractivity contribution in [3.05, 3.63) is 55.1 Å². The third-order valence-corrected chi connectivity index (χ3v) is 5.35. The molecular formula is C22H24N8O. The molecule has 0 saturated heterocycles. The Morgan fingerprint density at radius 1 is 1.32 bits per heavy atom. The smallest absolute Gasteiger partial charge is 0.232 e. The lowest BCUT2D eigenvalue weighted by Crippen LogP contribution is -2.33. The van der Waals surface area contributed by atoms with E-state index < -0.39 is 0 Å². The molecule has 1 saturated carbocycles. The number of nitrogens with two attached hydrogens (primary N) is 1. The number of allylic oxidation sites excluding steroid dienone is 1. The first-order chi connectivity index (χ1) is 15.2. The minimum Gasteiger partial charge on any atom is -0.474 e. The number of ether oxygens (including phenoxy) is 1. The Morgan fingerprint density at radius 2 is 2.23 bits per heavy atom. The molecule has 31 heavy (non-hydrogen) atoms. The van der Waals surface area contributed by atoms with E-state index in [4.69, 9.17) is 15.5 Å². The van der Waals surface area contributed by atoms with Gasteiger partial charge in [-0.3, -0.25) is 9.67 Å². The van der Waals surface area contributed by atoms with Gasteiger partial charge in [0, 0.05) is 37.7 Å². The molecule has 0 bridgehead atoms. The first kappa shape index (κ1) is 19.3. The minimum absolute atomic E-state index is 0.100. The highest BCUT2D eigenvalue weighted by Crippen LogP contribution is 2.38. The number of pyridine rings is 1. The molecule has 4 aromatic heterocycles. The van der Waals surface area contributed by atoms with Crippen molar-refractivity contribution in [2.24, 2.45) is 18.7 Å². The number of aromatic nitrogens is 6. The van der Waals surface area contributed by atoms with Crippen molar-refractivity contribution in [3.8, 4) is 17.1 Å². The maximum Gasteiger partial charge on any atom is 0.232 e. The van der Waals surface area contributed by atoms with Gasteiger partial charge >= 0.3 is 0 Å². The van der Waals surface area contributed by atoms with Gasteiger partial charge in [0.1, 0.15) is 11.8 Å². The van der Waals surface area contributed by atoms with Gasteiger partial charge in [-0.15, -0.1) is 0 Å². The van der Waals surface area contributed by atoms with E-state index in [1.165, 1.54) is 0 Å². The van der Waals surface area contributed by atoms with Crippen molar-refractivity contribution in [3.63, 3.8) is 0 Å². The lowest BCUT2D eigenvalue weighted by Gasteiger charge is -2.33. The number of rotatable bonds is 7. The van der Waals surface area contributed by atoms with Gasteiger partial charge in [-0.05, 0) is 30.9 Å². The summed E-state index contributed by atoms with van der Waals surface area (Å²) in [5.41, 5.74) is 8.81. The summed E-state index contributed by atoms with van der Waals surface area (Å²) in [5, 5.41) is 8.22. The van der Waals surface area contributed by atoms with E-state index in [1.54, 1.807) is 17.1 Å². The van der Waals surface area contributed by atoms with Crippen LogP contribution in [0.15, 0.2) is 55.1 Å². The molecule has 0 radical (unpaired) electrons. The molecule has 5 rings (SSSR count). The molecule has 0 amide bonds. The predicted molar refractivity (Wildman–Crippen MR) is 119 cm³/mol. The van der Waals surface area contributed by atoms with Crippen LogP contribution in [0.3, 0.4) is 0 Å². The fraction of sp³-hybridized carbons (Fsp3) is 0.273. The summed E-state index contributed by atoms with van der Waals surface area (Å²) in [6, 6.07) is 5.82. The van der Waals surface area contributed by atoms with E-state index in [-0.39, 0.29) is 6.10 Å². The normalized spacial score (nSPS) is 18.4. The average Bonchev–Trinajstić information content (AvgIpc) is 3.36. The molecule has 1 aliphatic rings. The summed E-state index contributed by atoms with van der Waals surface area (Å²) in [5.74, 6) is 1.49. The molecule has 4 N–H and O–H groups in total. The van der Waals surface area contributed by atoms with Crippen LogP contribution in [-0.4, -0.2) is 42.4 Å². The Morgan fingerprint density at radius 3 is 2.97 bits per heavy atom. The Labute approximate surface area is 179 Å². The molecule has 4 aromatic rings. The second kappa shape index (κ2) is 8.19. The fourth-order valence-electron chi connectivity index (χ4n) is 3.77. The van der Waals surface area contributed by atoms with Crippen molar-refractivity contribution in [1.82, 2.24) is 29.7 Å². The summed E-state index contributed by atoms with van der Waals surface area (Å²) in [6.07, 6.45) is 13.4. The first-order valence-electron chi connectivity index (χ1n) is 10.3. The van der Waals surface area contributed by atoms with Crippen LogP contribution < -0.4 is 15.8 Å². The summed E-state index contributed by atoms with van der Waals surface area (Å²) in [4.78, 5) is 17.1. The Bertz CT molecular complexity index is 1210. The molecule has 158 valence electrons. The monoisotopic (exact) mass is 416 g/mol. The Balaban J connectivity index is 1.49. The Hall–Kier alpha value is -3.72. The van der Waals surface area contributed by atoms with Crippen LogP contribution >= 0.6 is 0 Å². The van der Waals surface area contributed by atoms with Crippen molar-refractivity contribution in [1.29, 1.82) is 0 Å². The molecular weight excluding hydrogens is 392 g/mol. The molecule has 4 heterocycles. The maximum atomic E-state index is 6.35. The predicted octanol–water partition coefficient (Wildman–Crippen LogP) is 3.17. The number of nitrogens with zero attached hydrogens (tertiary/aromatic N) is 5. The summed E-state index contributed by atoms with van der Waals surface area (Å²) >= 11 is 0. The number of anilines is 2. The average molecular weight is 416 g/mol.